The lowest BCUT2D eigenvalue weighted by Crippen LogP contribution is -2.45. The summed E-state index contributed by atoms with van der Waals surface area (Å²) in [6.07, 6.45) is 4.02. The molecule has 2 aromatic carbocycles. The zero-order valence-corrected chi connectivity index (χ0v) is 16.0. The largest absolute Gasteiger partial charge is 0.497 e. The van der Waals surface area contributed by atoms with Crippen molar-refractivity contribution in [3.63, 3.8) is 0 Å². The third-order valence-electron chi connectivity index (χ3n) is 5.95. The van der Waals surface area contributed by atoms with E-state index in [1.807, 2.05) is 18.2 Å². The minimum Gasteiger partial charge on any atom is -0.497 e. The van der Waals surface area contributed by atoms with Crippen molar-refractivity contribution >= 4 is 5.91 Å². The van der Waals surface area contributed by atoms with E-state index in [9.17, 15) is 4.79 Å². The number of amides is 1. The molecule has 0 spiro atoms. The Morgan fingerprint density at radius 2 is 1.81 bits per heavy atom. The van der Waals surface area contributed by atoms with E-state index in [0.29, 0.717) is 6.04 Å². The predicted molar refractivity (Wildman–Crippen MR) is 107 cm³/mol. The van der Waals surface area contributed by atoms with E-state index in [2.05, 4.69) is 40.5 Å². The van der Waals surface area contributed by atoms with Crippen molar-refractivity contribution in [2.24, 2.45) is 0 Å². The molecule has 1 N–H and O–H groups in total. The quantitative estimate of drug-likeness (QED) is 0.883. The summed E-state index contributed by atoms with van der Waals surface area (Å²) in [5.74, 6) is 1.15. The van der Waals surface area contributed by atoms with Gasteiger partial charge in [-0.25, -0.2) is 0 Å². The number of nitrogens with zero attached hydrogens (tertiary/aromatic N) is 1. The van der Waals surface area contributed by atoms with Gasteiger partial charge >= 0.3 is 0 Å². The Bertz CT molecular complexity index is 779. The highest BCUT2D eigenvalue weighted by Gasteiger charge is 2.30. The van der Waals surface area contributed by atoms with Crippen molar-refractivity contribution in [2.45, 2.75) is 44.2 Å². The van der Waals surface area contributed by atoms with Crippen LogP contribution in [0.25, 0.3) is 0 Å². The minimum absolute atomic E-state index is 0.0403. The lowest BCUT2D eigenvalue weighted by atomic mass is 9.98. The fourth-order valence-corrected chi connectivity index (χ4v) is 4.36. The summed E-state index contributed by atoms with van der Waals surface area (Å²) in [5, 5.41) is 3.32. The molecule has 1 aliphatic heterocycles. The molecule has 1 fully saturated rings. The summed E-state index contributed by atoms with van der Waals surface area (Å²) < 4.78 is 5.22. The Kier molecular flexibility index (Phi) is 5.44. The first-order valence-electron chi connectivity index (χ1n) is 9.96. The zero-order chi connectivity index (χ0) is 18.6. The third-order valence-corrected chi connectivity index (χ3v) is 5.95. The summed E-state index contributed by atoms with van der Waals surface area (Å²) in [5.41, 5.74) is 3.87. The van der Waals surface area contributed by atoms with Crippen LogP contribution >= 0.6 is 0 Å². The highest BCUT2D eigenvalue weighted by Crippen LogP contribution is 2.33. The number of methoxy groups -OCH3 is 1. The number of rotatable bonds is 5. The molecule has 2 aromatic rings. The predicted octanol–water partition coefficient (Wildman–Crippen LogP) is 3.51. The Morgan fingerprint density at radius 1 is 1.07 bits per heavy atom. The van der Waals surface area contributed by atoms with Crippen LogP contribution in [0.15, 0.2) is 48.5 Å². The van der Waals surface area contributed by atoms with E-state index in [1.165, 1.54) is 16.7 Å². The molecule has 1 amide bonds. The Labute approximate surface area is 161 Å². The molecule has 27 heavy (non-hydrogen) atoms. The molecular formula is C23H28N2O2. The number of benzene rings is 2. The highest BCUT2D eigenvalue weighted by atomic mass is 16.5. The van der Waals surface area contributed by atoms with Crippen molar-refractivity contribution in [1.82, 2.24) is 10.2 Å². The van der Waals surface area contributed by atoms with Crippen LogP contribution in [-0.2, 0) is 17.8 Å². The maximum atomic E-state index is 12.8. The number of carbonyl (C=O) groups excluding carboxylic acids is 1. The molecule has 1 atom stereocenters. The van der Waals surface area contributed by atoms with Crippen LogP contribution in [0.3, 0.4) is 0 Å². The second-order valence-electron chi connectivity index (χ2n) is 7.70. The summed E-state index contributed by atoms with van der Waals surface area (Å²) in [4.78, 5) is 15.2. The number of hydrogen-bond acceptors (Lipinski definition) is 3. The monoisotopic (exact) mass is 364 g/mol. The van der Waals surface area contributed by atoms with Gasteiger partial charge in [-0.3, -0.25) is 9.69 Å². The Balaban J connectivity index is 1.26. The van der Waals surface area contributed by atoms with Crippen molar-refractivity contribution in [3.05, 3.63) is 65.2 Å². The molecule has 4 heteroatoms. The number of aryl methyl sites for hydroxylation is 1. The number of hydrogen-bond donors (Lipinski definition) is 1. The number of piperidine rings is 1. The summed E-state index contributed by atoms with van der Waals surface area (Å²) in [6, 6.07) is 17.0. The maximum absolute atomic E-state index is 12.8. The van der Waals surface area contributed by atoms with E-state index in [0.717, 1.165) is 51.1 Å². The first kappa shape index (κ1) is 18.1. The first-order valence-corrected chi connectivity index (χ1v) is 9.96. The summed E-state index contributed by atoms with van der Waals surface area (Å²) >= 11 is 0. The van der Waals surface area contributed by atoms with Gasteiger partial charge in [-0.2, -0.15) is 0 Å². The fourth-order valence-electron chi connectivity index (χ4n) is 4.36. The molecular weight excluding hydrogens is 336 g/mol. The molecule has 1 unspecified atom stereocenters. The Morgan fingerprint density at radius 3 is 2.56 bits per heavy atom. The van der Waals surface area contributed by atoms with E-state index >= 15 is 0 Å². The lowest BCUT2D eigenvalue weighted by molar-refractivity contribution is -0.123. The Hall–Kier alpha value is -2.33. The number of fused-ring (bicyclic) bond motifs is 1. The lowest BCUT2D eigenvalue weighted by Gasteiger charge is -2.33. The number of likely N-dealkylation sites (tertiary alicyclic amines) is 1. The normalized spacial score (nSPS) is 20.3. The zero-order valence-electron chi connectivity index (χ0n) is 16.0. The van der Waals surface area contributed by atoms with Crippen LogP contribution in [0.4, 0.5) is 0 Å². The van der Waals surface area contributed by atoms with Crippen LogP contribution < -0.4 is 10.1 Å². The van der Waals surface area contributed by atoms with E-state index in [1.54, 1.807) is 7.11 Å². The van der Waals surface area contributed by atoms with Gasteiger partial charge in [0.15, 0.2) is 0 Å². The number of nitrogens with one attached hydrogen (secondary N) is 1. The molecule has 1 aliphatic carbocycles. The van der Waals surface area contributed by atoms with Crippen molar-refractivity contribution in [3.8, 4) is 5.75 Å². The van der Waals surface area contributed by atoms with Gasteiger partial charge in [-0.15, -0.1) is 0 Å². The van der Waals surface area contributed by atoms with E-state index < -0.39 is 0 Å². The third kappa shape index (κ3) is 4.16. The topological polar surface area (TPSA) is 41.6 Å². The second-order valence-corrected chi connectivity index (χ2v) is 7.70. The molecule has 0 bridgehead atoms. The fraction of sp³-hybridized carbons (Fsp3) is 0.435. The SMILES string of the molecule is COc1ccc(CN2CCC(NC(=O)C3CCc4ccccc43)CC2)cc1. The van der Waals surface area contributed by atoms with Crippen LogP contribution in [0.2, 0.25) is 0 Å². The minimum atomic E-state index is 0.0403. The average Bonchev–Trinajstić information content (AvgIpc) is 3.14. The van der Waals surface area contributed by atoms with Crippen LogP contribution in [0, 0.1) is 0 Å². The standard InChI is InChI=1S/C23H28N2O2/c1-27-20-9-6-17(7-10-20)16-25-14-12-19(13-15-25)24-23(26)22-11-8-18-4-2-3-5-21(18)22/h2-7,9-10,19,22H,8,11-16H2,1H3,(H,24,26). The van der Waals surface area contributed by atoms with Gasteiger partial charge in [0.05, 0.1) is 13.0 Å². The van der Waals surface area contributed by atoms with Crippen molar-refractivity contribution in [2.75, 3.05) is 20.2 Å². The highest BCUT2D eigenvalue weighted by molar-refractivity contribution is 5.85. The first-order chi connectivity index (χ1) is 13.2. The molecule has 4 rings (SSSR count). The van der Waals surface area contributed by atoms with Gasteiger partial charge in [-0.1, -0.05) is 36.4 Å². The molecule has 1 saturated heterocycles. The smallest absolute Gasteiger partial charge is 0.227 e. The molecule has 142 valence electrons. The van der Waals surface area contributed by atoms with Gasteiger partial charge in [-0.05, 0) is 54.5 Å². The molecule has 4 nitrogen and oxygen atoms in total. The summed E-state index contributed by atoms with van der Waals surface area (Å²) in [6.45, 7) is 3.01. The van der Waals surface area contributed by atoms with Gasteiger partial charge in [0.25, 0.3) is 0 Å². The van der Waals surface area contributed by atoms with Gasteiger partial charge in [0.1, 0.15) is 5.75 Å². The van der Waals surface area contributed by atoms with Crippen LogP contribution in [0.5, 0.6) is 5.75 Å². The van der Waals surface area contributed by atoms with E-state index in [-0.39, 0.29) is 11.8 Å². The molecule has 1 heterocycles. The van der Waals surface area contributed by atoms with E-state index in [4.69, 9.17) is 4.74 Å². The molecule has 2 aliphatic rings. The number of ether oxygens (including phenoxy) is 1. The van der Waals surface area contributed by atoms with Gasteiger partial charge in [0, 0.05) is 25.7 Å². The molecule has 0 radical (unpaired) electrons. The average molecular weight is 364 g/mol. The molecule has 0 saturated carbocycles. The van der Waals surface area contributed by atoms with Gasteiger partial charge in [0.2, 0.25) is 5.91 Å². The van der Waals surface area contributed by atoms with Gasteiger partial charge < -0.3 is 10.1 Å². The molecule has 0 aromatic heterocycles. The second kappa shape index (κ2) is 8.13. The van der Waals surface area contributed by atoms with Crippen molar-refractivity contribution in [1.29, 1.82) is 0 Å². The number of carbonyl (C=O) groups is 1. The maximum Gasteiger partial charge on any atom is 0.227 e. The summed E-state index contributed by atoms with van der Waals surface area (Å²) in [7, 11) is 1.69. The van der Waals surface area contributed by atoms with Crippen LogP contribution in [-0.4, -0.2) is 37.0 Å². The van der Waals surface area contributed by atoms with Crippen molar-refractivity contribution < 1.29 is 9.53 Å². The van der Waals surface area contributed by atoms with Crippen LogP contribution in [0.1, 0.15) is 41.9 Å².